The van der Waals surface area contributed by atoms with Crippen molar-refractivity contribution in [1.29, 1.82) is 0 Å². The largest absolute Gasteiger partial charge is 0.399 e. The van der Waals surface area contributed by atoms with Gasteiger partial charge in [0.2, 0.25) is 10.0 Å². The minimum absolute atomic E-state index is 0.0116. The first kappa shape index (κ1) is 15.6. The Morgan fingerprint density at radius 3 is 2.75 bits per heavy atom. The molecule has 4 nitrogen and oxygen atoms in total. The number of hydrogen-bond acceptors (Lipinski definition) is 3. The Hall–Kier alpha value is -0.780. The number of rotatable bonds is 3. The Balaban J connectivity index is 2.16. The highest BCUT2D eigenvalue weighted by atomic mass is 35.5. The second-order valence-electron chi connectivity index (χ2n) is 5.62. The maximum absolute atomic E-state index is 12.4. The van der Waals surface area contributed by atoms with Crippen molar-refractivity contribution in [2.24, 2.45) is 5.92 Å². The van der Waals surface area contributed by atoms with E-state index in [4.69, 9.17) is 17.3 Å². The summed E-state index contributed by atoms with van der Waals surface area (Å²) in [5, 5.41) is 0.202. The number of halogens is 1. The minimum Gasteiger partial charge on any atom is -0.399 e. The van der Waals surface area contributed by atoms with E-state index in [-0.39, 0.29) is 16.0 Å². The van der Waals surface area contributed by atoms with Crippen LogP contribution in [0, 0.1) is 5.92 Å². The standard InChI is InChI=1S/C14H21ClN2O2S/c1-10-3-2-4-12(7-5-10)17-20(18,19)14-9-11(16)6-8-13(14)15/h6,8-10,12,17H,2-5,7,16H2,1H3. The molecule has 0 aliphatic heterocycles. The number of hydrogen-bond donors (Lipinski definition) is 2. The van der Waals surface area contributed by atoms with Crippen molar-refractivity contribution in [2.45, 2.75) is 50.0 Å². The van der Waals surface area contributed by atoms with Gasteiger partial charge in [0.05, 0.1) is 5.02 Å². The van der Waals surface area contributed by atoms with Gasteiger partial charge in [0.1, 0.15) is 4.90 Å². The molecule has 0 bridgehead atoms. The van der Waals surface area contributed by atoms with Crippen molar-refractivity contribution >= 4 is 27.3 Å². The fourth-order valence-corrected chi connectivity index (χ4v) is 4.45. The molecule has 6 heteroatoms. The molecule has 3 N–H and O–H groups in total. The van der Waals surface area contributed by atoms with Gasteiger partial charge < -0.3 is 5.73 Å². The molecule has 2 rings (SSSR count). The molecule has 1 saturated carbocycles. The van der Waals surface area contributed by atoms with Gasteiger partial charge in [0.25, 0.3) is 0 Å². The molecule has 1 fully saturated rings. The second-order valence-corrected chi connectivity index (χ2v) is 7.71. The van der Waals surface area contributed by atoms with Crippen molar-refractivity contribution in [3.63, 3.8) is 0 Å². The molecule has 0 saturated heterocycles. The van der Waals surface area contributed by atoms with Gasteiger partial charge in [-0.25, -0.2) is 13.1 Å². The van der Waals surface area contributed by atoms with E-state index in [0.717, 1.165) is 32.1 Å². The van der Waals surface area contributed by atoms with Gasteiger partial charge in [0.15, 0.2) is 0 Å². The predicted octanol–water partition coefficient (Wildman–Crippen LogP) is 3.17. The molecule has 20 heavy (non-hydrogen) atoms. The molecular formula is C14H21ClN2O2S. The van der Waals surface area contributed by atoms with E-state index in [1.165, 1.54) is 12.1 Å². The third-order valence-corrected chi connectivity index (χ3v) is 5.83. The Kier molecular flexibility index (Phi) is 4.94. The summed E-state index contributed by atoms with van der Waals surface area (Å²) < 4.78 is 27.6. The lowest BCUT2D eigenvalue weighted by molar-refractivity contribution is 0.484. The van der Waals surface area contributed by atoms with Crippen LogP contribution in [0.1, 0.15) is 39.0 Å². The van der Waals surface area contributed by atoms with Crippen LogP contribution < -0.4 is 10.5 Å². The first-order chi connectivity index (χ1) is 9.38. The summed E-state index contributed by atoms with van der Waals surface area (Å²) in [6, 6.07) is 4.50. The number of nitrogen functional groups attached to an aromatic ring is 1. The maximum Gasteiger partial charge on any atom is 0.242 e. The molecule has 112 valence electrons. The molecule has 2 unspecified atom stereocenters. The first-order valence-electron chi connectivity index (χ1n) is 6.96. The summed E-state index contributed by atoms with van der Waals surface area (Å²) in [6.07, 6.45) is 5.03. The van der Waals surface area contributed by atoms with Crippen molar-refractivity contribution in [3.8, 4) is 0 Å². The van der Waals surface area contributed by atoms with Gasteiger partial charge in [-0.2, -0.15) is 0 Å². The molecular weight excluding hydrogens is 296 g/mol. The number of sulfonamides is 1. The molecule has 1 aliphatic carbocycles. The van der Waals surface area contributed by atoms with Crippen molar-refractivity contribution in [3.05, 3.63) is 23.2 Å². The highest BCUT2D eigenvalue weighted by Crippen LogP contribution is 2.27. The Labute approximate surface area is 125 Å². The van der Waals surface area contributed by atoms with Crippen LogP contribution in [0.2, 0.25) is 5.02 Å². The van der Waals surface area contributed by atoms with Gasteiger partial charge >= 0.3 is 0 Å². The van der Waals surface area contributed by atoms with E-state index in [9.17, 15) is 8.42 Å². The summed E-state index contributed by atoms with van der Waals surface area (Å²) in [4.78, 5) is 0.0662. The molecule has 1 aliphatic rings. The van der Waals surface area contributed by atoms with Crippen LogP contribution in [-0.4, -0.2) is 14.5 Å². The fourth-order valence-electron chi connectivity index (χ4n) is 2.61. The molecule has 0 heterocycles. The van der Waals surface area contributed by atoms with Gasteiger partial charge in [-0.3, -0.25) is 0 Å². The van der Waals surface area contributed by atoms with E-state index in [0.29, 0.717) is 11.6 Å². The Bertz CT molecular complexity index is 575. The lowest BCUT2D eigenvalue weighted by atomic mass is 10.0. The van der Waals surface area contributed by atoms with E-state index < -0.39 is 10.0 Å². The maximum atomic E-state index is 12.4. The summed E-state index contributed by atoms with van der Waals surface area (Å²) in [5.41, 5.74) is 6.04. The molecule has 2 atom stereocenters. The van der Waals surface area contributed by atoms with Gasteiger partial charge in [-0.15, -0.1) is 0 Å². The van der Waals surface area contributed by atoms with Crippen LogP contribution in [0.25, 0.3) is 0 Å². The number of benzene rings is 1. The van der Waals surface area contributed by atoms with Gasteiger partial charge in [0, 0.05) is 11.7 Å². The van der Waals surface area contributed by atoms with Crippen LogP contribution in [0.4, 0.5) is 5.69 Å². The molecule has 1 aromatic rings. The van der Waals surface area contributed by atoms with Crippen LogP contribution in [0.5, 0.6) is 0 Å². The first-order valence-corrected chi connectivity index (χ1v) is 8.82. The molecule has 0 spiro atoms. The summed E-state index contributed by atoms with van der Waals surface area (Å²) in [6.45, 7) is 2.21. The zero-order chi connectivity index (χ0) is 14.8. The molecule has 0 amide bonds. The Morgan fingerprint density at radius 1 is 1.25 bits per heavy atom. The van der Waals surface area contributed by atoms with E-state index in [1.54, 1.807) is 6.07 Å². The number of anilines is 1. The minimum atomic E-state index is -3.61. The van der Waals surface area contributed by atoms with E-state index >= 15 is 0 Å². The monoisotopic (exact) mass is 316 g/mol. The zero-order valence-corrected chi connectivity index (χ0v) is 13.2. The zero-order valence-electron chi connectivity index (χ0n) is 11.6. The van der Waals surface area contributed by atoms with E-state index in [1.807, 2.05) is 0 Å². The summed E-state index contributed by atoms with van der Waals surface area (Å²) >= 11 is 5.98. The topological polar surface area (TPSA) is 72.2 Å². The second kappa shape index (κ2) is 6.33. The smallest absolute Gasteiger partial charge is 0.242 e. The van der Waals surface area contributed by atoms with Crippen LogP contribution in [-0.2, 0) is 10.0 Å². The highest BCUT2D eigenvalue weighted by molar-refractivity contribution is 7.89. The van der Waals surface area contributed by atoms with Crippen molar-refractivity contribution < 1.29 is 8.42 Å². The van der Waals surface area contributed by atoms with Crippen LogP contribution in [0.15, 0.2) is 23.1 Å². The fraction of sp³-hybridized carbons (Fsp3) is 0.571. The SMILES string of the molecule is CC1CCCC(NS(=O)(=O)c2cc(N)ccc2Cl)CC1. The normalized spacial score (nSPS) is 24.3. The lowest BCUT2D eigenvalue weighted by Crippen LogP contribution is -2.34. The molecule has 0 radical (unpaired) electrons. The van der Waals surface area contributed by atoms with Crippen molar-refractivity contribution in [2.75, 3.05) is 5.73 Å². The average Bonchev–Trinajstić information content (AvgIpc) is 2.57. The van der Waals surface area contributed by atoms with Gasteiger partial charge in [-0.1, -0.05) is 31.4 Å². The summed E-state index contributed by atoms with van der Waals surface area (Å²) in [5.74, 6) is 0.667. The third kappa shape index (κ3) is 3.87. The van der Waals surface area contributed by atoms with Gasteiger partial charge in [-0.05, 0) is 43.4 Å². The average molecular weight is 317 g/mol. The van der Waals surface area contributed by atoms with Crippen LogP contribution >= 0.6 is 11.6 Å². The number of nitrogens with two attached hydrogens (primary N) is 1. The quantitative estimate of drug-likeness (QED) is 0.664. The lowest BCUT2D eigenvalue weighted by Gasteiger charge is -2.17. The van der Waals surface area contributed by atoms with Crippen LogP contribution in [0.3, 0.4) is 0 Å². The van der Waals surface area contributed by atoms with E-state index in [2.05, 4.69) is 11.6 Å². The highest BCUT2D eigenvalue weighted by Gasteiger charge is 2.24. The van der Waals surface area contributed by atoms with Crippen molar-refractivity contribution in [1.82, 2.24) is 4.72 Å². The number of nitrogens with one attached hydrogen (secondary N) is 1. The third-order valence-electron chi connectivity index (χ3n) is 3.82. The molecule has 0 aromatic heterocycles. The Morgan fingerprint density at radius 2 is 2.00 bits per heavy atom. The predicted molar refractivity (Wildman–Crippen MR) is 82.2 cm³/mol. The molecule has 1 aromatic carbocycles. The summed E-state index contributed by atoms with van der Waals surface area (Å²) in [7, 11) is -3.61.